The molecule has 6 nitrogen and oxygen atoms in total. The van der Waals surface area contributed by atoms with Crippen LogP contribution in [-0.2, 0) is 0 Å². The summed E-state index contributed by atoms with van der Waals surface area (Å²) in [5.41, 5.74) is 8.47. The average Bonchev–Trinajstić information content (AvgIpc) is 3.31. The first-order valence-electron chi connectivity index (χ1n) is 9.49. The van der Waals surface area contributed by atoms with E-state index in [2.05, 4.69) is 21.0 Å². The van der Waals surface area contributed by atoms with Crippen LogP contribution in [0.3, 0.4) is 0 Å². The Hall–Kier alpha value is -3.62. The van der Waals surface area contributed by atoms with E-state index in [1.165, 1.54) is 0 Å². The third-order valence-corrected chi connectivity index (χ3v) is 7.03. The maximum absolute atomic E-state index is 12.0. The standard InChI is InChI=1S/C23H14N4O2S2/c24-21-20-13(17-6-3-9-30-17)11-14(25-22(20)27-23(28)26-21)12-7-8-16-19(10-12)31-18-5-2-1-4-15(18)29-16/h1-11H,(H3,24,25,26,27,28). The number of thiophene rings is 1. The van der Waals surface area contributed by atoms with E-state index in [0.717, 1.165) is 43.0 Å². The molecule has 3 N–H and O–H groups in total. The first-order valence-corrected chi connectivity index (χ1v) is 11.2. The number of hydrogen-bond donors (Lipinski definition) is 2. The van der Waals surface area contributed by atoms with Crippen molar-refractivity contribution in [1.82, 2.24) is 15.0 Å². The van der Waals surface area contributed by atoms with Crippen LogP contribution < -0.4 is 16.2 Å². The van der Waals surface area contributed by atoms with E-state index in [4.69, 9.17) is 10.5 Å². The molecule has 6 rings (SSSR count). The quantitative estimate of drug-likeness (QED) is 0.365. The molecule has 31 heavy (non-hydrogen) atoms. The molecule has 0 fully saturated rings. The zero-order chi connectivity index (χ0) is 20.9. The minimum Gasteiger partial charge on any atom is -0.455 e. The molecule has 2 aromatic carbocycles. The zero-order valence-electron chi connectivity index (χ0n) is 16.0. The number of ether oxygens (including phenoxy) is 1. The van der Waals surface area contributed by atoms with Gasteiger partial charge in [-0.05, 0) is 47.8 Å². The Morgan fingerprint density at radius 2 is 1.81 bits per heavy atom. The third kappa shape index (κ3) is 3.08. The van der Waals surface area contributed by atoms with E-state index in [0.29, 0.717) is 11.0 Å². The maximum Gasteiger partial charge on any atom is 0.348 e. The summed E-state index contributed by atoms with van der Waals surface area (Å²) >= 11 is 3.26. The Balaban J connectivity index is 1.54. The van der Waals surface area contributed by atoms with Gasteiger partial charge in [0.05, 0.1) is 20.9 Å². The molecule has 5 aromatic rings. The lowest BCUT2D eigenvalue weighted by molar-refractivity contribution is 0.454. The number of nitrogens with zero attached hydrogens (tertiary/aromatic N) is 2. The highest BCUT2D eigenvalue weighted by molar-refractivity contribution is 7.99. The summed E-state index contributed by atoms with van der Waals surface area (Å²) < 4.78 is 6.04. The second-order valence-corrected chi connectivity index (χ2v) is 9.03. The zero-order valence-corrected chi connectivity index (χ0v) is 17.6. The normalized spacial score (nSPS) is 12.3. The van der Waals surface area contributed by atoms with Crippen LogP contribution in [0.1, 0.15) is 0 Å². The van der Waals surface area contributed by atoms with E-state index >= 15 is 0 Å². The molecule has 0 spiro atoms. The number of nitrogens with one attached hydrogen (secondary N) is 1. The number of H-pyrrole nitrogens is 1. The lowest BCUT2D eigenvalue weighted by Gasteiger charge is -2.20. The summed E-state index contributed by atoms with van der Waals surface area (Å²) in [6.45, 7) is 0. The number of pyridine rings is 1. The first-order chi connectivity index (χ1) is 15.2. The number of aromatic nitrogens is 3. The van der Waals surface area contributed by atoms with Gasteiger partial charge in [-0.2, -0.15) is 4.98 Å². The topological polar surface area (TPSA) is 93.9 Å². The molecule has 0 radical (unpaired) electrons. The highest BCUT2D eigenvalue weighted by Crippen LogP contribution is 2.48. The Morgan fingerprint density at radius 3 is 2.68 bits per heavy atom. The molecule has 0 unspecified atom stereocenters. The summed E-state index contributed by atoms with van der Waals surface area (Å²) in [7, 11) is 0. The Bertz CT molecular complexity index is 1530. The van der Waals surface area contributed by atoms with Crippen LogP contribution >= 0.6 is 23.1 Å². The van der Waals surface area contributed by atoms with Crippen LogP contribution in [0.15, 0.2) is 80.6 Å². The van der Waals surface area contributed by atoms with Crippen molar-refractivity contribution in [3.05, 3.63) is 76.5 Å². The largest absolute Gasteiger partial charge is 0.455 e. The van der Waals surface area contributed by atoms with Crippen molar-refractivity contribution in [3.63, 3.8) is 0 Å². The van der Waals surface area contributed by atoms with Crippen molar-refractivity contribution in [2.45, 2.75) is 9.79 Å². The van der Waals surface area contributed by atoms with Crippen molar-refractivity contribution in [2.75, 3.05) is 5.73 Å². The van der Waals surface area contributed by atoms with Crippen LogP contribution in [0.5, 0.6) is 11.5 Å². The maximum atomic E-state index is 12.0. The number of hydrogen-bond acceptors (Lipinski definition) is 7. The summed E-state index contributed by atoms with van der Waals surface area (Å²) in [6, 6.07) is 19.9. The number of aromatic amines is 1. The molecular formula is C23H14N4O2S2. The lowest BCUT2D eigenvalue weighted by Crippen LogP contribution is -2.14. The molecular weight excluding hydrogens is 428 g/mol. The highest BCUT2D eigenvalue weighted by Gasteiger charge is 2.20. The average molecular weight is 443 g/mol. The number of nitrogen functional groups attached to an aromatic ring is 1. The van der Waals surface area contributed by atoms with E-state index < -0.39 is 5.69 Å². The van der Waals surface area contributed by atoms with Gasteiger partial charge in [-0.25, -0.2) is 9.78 Å². The van der Waals surface area contributed by atoms with Crippen molar-refractivity contribution in [1.29, 1.82) is 0 Å². The fourth-order valence-electron chi connectivity index (χ4n) is 3.64. The van der Waals surface area contributed by atoms with Gasteiger partial charge in [-0.3, -0.25) is 4.98 Å². The van der Waals surface area contributed by atoms with E-state index in [1.54, 1.807) is 23.1 Å². The molecule has 0 saturated carbocycles. The number of rotatable bonds is 2. The van der Waals surface area contributed by atoms with Gasteiger partial charge in [0.25, 0.3) is 0 Å². The molecule has 4 heterocycles. The van der Waals surface area contributed by atoms with Gasteiger partial charge in [0.15, 0.2) is 5.65 Å². The number of benzene rings is 2. The molecule has 0 atom stereocenters. The molecule has 8 heteroatoms. The molecule has 1 aliphatic heterocycles. The Labute approximate surface area is 184 Å². The lowest BCUT2D eigenvalue weighted by atomic mass is 10.0. The Morgan fingerprint density at radius 1 is 0.935 bits per heavy atom. The van der Waals surface area contributed by atoms with Crippen LogP contribution in [0.25, 0.3) is 32.7 Å². The predicted octanol–water partition coefficient (Wildman–Crippen LogP) is 5.55. The third-order valence-electron chi connectivity index (χ3n) is 5.03. The number of fused-ring (bicyclic) bond motifs is 3. The second-order valence-electron chi connectivity index (χ2n) is 7.00. The van der Waals surface area contributed by atoms with Gasteiger partial charge in [-0.1, -0.05) is 30.0 Å². The van der Waals surface area contributed by atoms with Gasteiger partial charge in [0, 0.05) is 16.0 Å². The summed E-state index contributed by atoms with van der Waals surface area (Å²) in [5.74, 6) is 1.93. The number of nitrogens with two attached hydrogens (primary N) is 1. The van der Waals surface area contributed by atoms with E-state index in [1.807, 2.05) is 60.0 Å². The summed E-state index contributed by atoms with van der Waals surface area (Å²) in [4.78, 5) is 26.4. The number of anilines is 1. The SMILES string of the molecule is Nc1[nH]c(=O)nc2nc(-c3ccc4c(c3)Sc3ccccc3O4)cc(-c3cccs3)c12. The van der Waals surface area contributed by atoms with Gasteiger partial charge >= 0.3 is 5.69 Å². The Kier molecular flexibility index (Phi) is 4.09. The van der Waals surface area contributed by atoms with E-state index in [9.17, 15) is 4.79 Å². The van der Waals surface area contributed by atoms with Crippen LogP contribution in [0, 0.1) is 0 Å². The molecule has 3 aromatic heterocycles. The van der Waals surface area contributed by atoms with Crippen LogP contribution in [-0.4, -0.2) is 15.0 Å². The molecule has 0 aliphatic carbocycles. The van der Waals surface area contributed by atoms with E-state index in [-0.39, 0.29) is 5.82 Å². The van der Waals surface area contributed by atoms with Crippen molar-refractivity contribution in [2.24, 2.45) is 0 Å². The van der Waals surface area contributed by atoms with Crippen molar-refractivity contribution >= 4 is 39.9 Å². The molecule has 0 saturated heterocycles. The van der Waals surface area contributed by atoms with Crippen LogP contribution in [0.2, 0.25) is 0 Å². The van der Waals surface area contributed by atoms with Crippen molar-refractivity contribution in [3.8, 4) is 33.2 Å². The van der Waals surface area contributed by atoms with Crippen LogP contribution in [0.4, 0.5) is 5.82 Å². The highest BCUT2D eigenvalue weighted by atomic mass is 32.2. The minimum absolute atomic E-state index is 0.267. The van der Waals surface area contributed by atoms with Crippen molar-refractivity contribution < 1.29 is 4.74 Å². The fraction of sp³-hybridized carbons (Fsp3) is 0. The summed E-state index contributed by atoms with van der Waals surface area (Å²) in [5, 5.41) is 2.65. The van der Waals surface area contributed by atoms with Gasteiger partial charge in [0.1, 0.15) is 17.3 Å². The summed E-state index contributed by atoms with van der Waals surface area (Å²) in [6.07, 6.45) is 0. The molecule has 0 bridgehead atoms. The smallest absolute Gasteiger partial charge is 0.348 e. The predicted molar refractivity (Wildman–Crippen MR) is 124 cm³/mol. The molecule has 150 valence electrons. The number of para-hydroxylation sites is 1. The van der Waals surface area contributed by atoms with Gasteiger partial charge in [-0.15, -0.1) is 11.3 Å². The molecule has 1 aliphatic rings. The molecule has 0 amide bonds. The first kappa shape index (κ1) is 18.2. The minimum atomic E-state index is -0.516. The fourth-order valence-corrected chi connectivity index (χ4v) is 5.38. The van der Waals surface area contributed by atoms with Gasteiger partial charge in [0.2, 0.25) is 0 Å². The monoisotopic (exact) mass is 442 g/mol. The second kappa shape index (κ2) is 6.97. The van der Waals surface area contributed by atoms with Gasteiger partial charge < -0.3 is 10.5 Å².